The molecule has 5 nitrogen and oxygen atoms in total. The van der Waals surface area contributed by atoms with Crippen molar-refractivity contribution in [1.29, 1.82) is 0 Å². The number of anilines is 2. The van der Waals surface area contributed by atoms with E-state index in [1.54, 1.807) is 17.2 Å². The number of aryl methyl sites for hydroxylation is 2. The zero-order chi connectivity index (χ0) is 21.7. The fourth-order valence-electron chi connectivity index (χ4n) is 4.33. The summed E-state index contributed by atoms with van der Waals surface area (Å²) in [5.74, 6) is -1.25. The Bertz CT molecular complexity index is 1160. The van der Waals surface area contributed by atoms with Crippen molar-refractivity contribution >= 4 is 34.8 Å². The molecule has 2 aliphatic rings. The highest BCUT2D eigenvalue weighted by Gasteiger charge is 2.60. The van der Waals surface area contributed by atoms with Crippen LogP contribution in [0, 0.1) is 19.8 Å². The van der Waals surface area contributed by atoms with Crippen molar-refractivity contribution in [1.82, 2.24) is 0 Å². The molecular formula is C25H21ClN2O3. The zero-order valence-corrected chi connectivity index (χ0v) is 17.9. The number of benzene rings is 3. The van der Waals surface area contributed by atoms with E-state index in [1.807, 2.05) is 74.5 Å². The number of carbonyl (C=O) groups excluding carboxylic acids is 2. The molecule has 156 valence electrons. The average molecular weight is 433 g/mol. The standard InChI is InChI=1S/C25H21ClN2O3/c1-15-8-13-20(14-16(15)2)27-24(29)21-22(17-9-11-18(26)12-10-17)28(31-23(21)25(27)30)19-6-4-3-5-7-19/h3-14,21-23H,1-2H3/t21-,22+,23-/m0/s1. The molecule has 0 unspecified atom stereocenters. The predicted octanol–water partition coefficient (Wildman–Crippen LogP) is 5.01. The Hall–Kier alpha value is -3.15. The van der Waals surface area contributed by atoms with Gasteiger partial charge in [0.05, 0.1) is 17.4 Å². The number of hydroxylamine groups is 1. The molecule has 3 aromatic carbocycles. The van der Waals surface area contributed by atoms with E-state index in [1.165, 1.54) is 4.90 Å². The van der Waals surface area contributed by atoms with Crippen molar-refractivity contribution in [3.8, 4) is 0 Å². The van der Waals surface area contributed by atoms with Crippen LogP contribution in [-0.4, -0.2) is 17.9 Å². The van der Waals surface area contributed by atoms with Gasteiger partial charge in [-0.1, -0.05) is 48.0 Å². The fourth-order valence-corrected chi connectivity index (χ4v) is 4.46. The van der Waals surface area contributed by atoms with Gasteiger partial charge in [0.1, 0.15) is 5.92 Å². The van der Waals surface area contributed by atoms with Gasteiger partial charge in [-0.3, -0.25) is 14.4 Å². The maximum absolute atomic E-state index is 13.6. The number of nitrogens with zero attached hydrogens (tertiary/aromatic N) is 2. The summed E-state index contributed by atoms with van der Waals surface area (Å²) >= 11 is 6.09. The smallest absolute Gasteiger partial charge is 0.266 e. The number of imide groups is 1. The van der Waals surface area contributed by atoms with Gasteiger partial charge in [0.15, 0.2) is 6.10 Å². The van der Waals surface area contributed by atoms with Gasteiger partial charge in [0.2, 0.25) is 5.91 Å². The normalized spacial score (nSPS) is 22.9. The van der Waals surface area contributed by atoms with E-state index in [-0.39, 0.29) is 11.8 Å². The number of para-hydroxylation sites is 1. The zero-order valence-electron chi connectivity index (χ0n) is 17.2. The topological polar surface area (TPSA) is 49.9 Å². The molecule has 0 radical (unpaired) electrons. The van der Waals surface area contributed by atoms with Gasteiger partial charge in [-0.25, -0.2) is 9.96 Å². The second-order valence-electron chi connectivity index (χ2n) is 7.99. The third-order valence-electron chi connectivity index (χ3n) is 6.09. The molecule has 0 spiro atoms. The summed E-state index contributed by atoms with van der Waals surface area (Å²) in [4.78, 5) is 34.3. The largest absolute Gasteiger partial charge is 0.273 e. The van der Waals surface area contributed by atoms with Crippen LogP contribution in [0.1, 0.15) is 22.7 Å². The maximum Gasteiger partial charge on any atom is 0.266 e. The minimum absolute atomic E-state index is 0.253. The number of hydrogen-bond donors (Lipinski definition) is 0. The van der Waals surface area contributed by atoms with Crippen molar-refractivity contribution in [3.63, 3.8) is 0 Å². The minimum Gasteiger partial charge on any atom is -0.273 e. The van der Waals surface area contributed by atoms with Gasteiger partial charge < -0.3 is 0 Å². The van der Waals surface area contributed by atoms with E-state index in [4.69, 9.17) is 16.4 Å². The van der Waals surface area contributed by atoms with Crippen LogP contribution in [0.3, 0.4) is 0 Å². The summed E-state index contributed by atoms with van der Waals surface area (Å²) < 4.78 is 0. The van der Waals surface area contributed by atoms with Crippen molar-refractivity contribution in [2.45, 2.75) is 26.0 Å². The molecule has 0 aromatic heterocycles. The van der Waals surface area contributed by atoms with E-state index in [0.717, 1.165) is 22.4 Å². The maximum atomic E-state index is 13.6. The Morgan fingerprint density at radius 1 is 0.806 bits per heavy atom. The molecule has 0 bridgehead atoms. The predicted molar refractivity (Wildman–Crippen MR) is 120 cm³/mol. The van der Waals surface area contributed by atoms with Crippen LogP contribution >= 0.6 is 11.6 Å². The van der Waals surface area contributed by atoms with E-state index in [9.17, 15) is 9.59 Å². The first-order valence-corrected chi connectivity index (χ1v) is 10.5. The highest BCUT2D eigenvalue weighted by atomic mass is 35.5. The lowest BCUT2D eigenvalue weighted by Crippen LogP contribution is -2.37. The molecule has 2 saturated heterocycles. The van der Waals surface area contributed by atoms with Crippen LogP contribution in [0.4, 0.5) is 11.4 Å². The Kier molecular flexibility index (Phi) is 4.80. The summed E-state index contributed by atoms with van der Waals surface area (Å²) in [7, 11) is 0. The number of hydrogen-bond acceptors (Lipinski definition) is 4. The van der Waals surface area contributed by atoms with E-state index in [2.05, 4.69) is 0 Å². The molecule has 3 aromatic rings. The first-order valence-electron chi connectivity index (χ1n) is 10.2. The van der Waals surface area contributed by atoms with Crippen molar-refractivity contribution in [2.24, 2.45) is 5.92 Å². The molecule has 6 heteroatoms. The highest BCUT2D eigenvalue weighted by Crippen LogP contribution is 2.47. The molecule has 3 atom stereocenters. The lowest BCUT2D eigenvalue weighted by atomic mass is 9.90. The molecule has 2 heterocycles. The summed E-state index contributed by atoms with van der Waals surface area (Å²) in [6.45, 7) is 3.97. The molecule has 0 aliphatic carbocycles. The SMILES string of the molecule is Cc1ccc(N2C(=O)[C@@H]3[C@H](ON(c4ccccc4)[C@@H]3c3ccc(Cl)cc3)C2=O)cc1C. The minimum atomic E-state index is -0.880. The van der Waals surface area contributed by atoms with E-state index < -0.39 is 18.1 Å². The third-order valence-corrected chi connectivity index (χ3v) is 6.34. The second-order valence-corrected chi connectivity index (χ2v) is 8.43. The Morgan fingerprint density at radius 3 is 2.19 bits per heavy atom. The van der Waals surface area contributed by atoms with Crippen LogP contribution in [0.2, 0.25) is 5.02 Å². The number of fused-ring (bicyclic) bond motifs is 1. The summed E-state index contributed by atoms with van der Waals surface area (Å²) in [6, 6.07) is 22.0. The van der Waals surface area contributed by atoms with Crippen molar-refractivity contribution in [2.75, 3.05) is 9.96 Å². The van der Waals surface area contributed by atoms with Gasteiger partial charge in [0.25, 0.3) is 5.91 Å². The lowest BCUT2D eigenvalue weighted by molar-refractivity contribution is -0.126. The number of carbonyl (C=O) groups is 2. The highest BCUT2D eigenvalue weighted by molar-refractivity contribution is 6.30. The Balaban J connectivity index is 1.58. The monoisotopic (exact) mass is 432 g/mol. The second kappa shape index (κ2) is 7.52. The molecule has 0 saturated carbocycles. The Morgan fingerprint density at radius 2 is 1.52 bits per heavy atom. The quantitative estimate of drug-likeness (QED) is 0.546. The third kappa shape index (κ3) is 3.21. The van der Waals surface area contributed by atoms with Crippen LogP contribution in [0.5, 0.6) is 0 Å². The van der Waals surface area contributed by atoms with Crippen molar-refractivity contribution in [3.05, 3.63) is 94.5 Å². The molecule has 2 amide bonds. The molecule has 2 aliphatic heterocycles. The van der Waals surface area contributed by atoms with Crippen molar-refractivity contribution < 1.29 is 14.4 Å². The number of amides is 2. The number of halogens is 1. The molecule has 0 N–H and O–H groups in total. The number of rotatable bonds is 3. The van der Waals surface area contributed by atoms with Crippen LogP contribution in [0.15, 0.2) is 72.8 Å². The summed E-state index contributed by atoms with van der Waals surface area (Å²) in [6.07, 6.45) is -0.880. The molecule has 2 fully saturated rings. The van der Waals surface area contributed by atoms with Crippen LogP contribution < -0.4 is 9.96 Å². The van der Waals surface area contributed by atoms with Gasteiger partial charge in [-0.15, -0.1) is 0 Å². The fraction of sp³-hybridized carbons (Fsp3) is 0.200. The van der Waals surface area contributed by atoms with E-state index >= 15 is 0 Å². The van der Waals surface area contributed by atoms with Gasteiger partial charge in [-0.2, -0.15) is 0 Å². The average Bonchev–Trinajstić information content (AvgIpc) is 3.28. The molecular weight excluding hydrogens is 412 g/mol. The first-order chi connectivity index (χ1) is 15.0. The summed E-state index contributed by atoms with van der Waals surface area (Å²) in [5, 5.41) is 2.29. The Labute approximate surface area is 185 Å². The summed E-state index contributed by atoms with van der Waals surface area (Å²) in [5.41, 5.74) is 4.36. The van der Waals surface area contributed by atoms with Gasteiger partial charge in [0, 0.05) is 5.02 Å². The van der Waals surface area contributed by atoms with Gasteiger partial charge >= 0.3 is 0 Å². The van der Waals surface area contributed by atoms with Gasteiger partial charge in [-0.05, 0) is 66.9 Å². The van der Waals surface area contributed by atoms with Crippen LogP contribution in [0.25, 0.3) is 0 Å². The molecule has 31 heavy (non-hydrogen) atoms. The van der Waals surface area contributed by atoms with Crippen LogP contribution in [-0.2, 0) is 14.4 Å². The first kappa shape index (κ1) is 19.8. The molecule has 5 rings (SSSR count). The van der Waals surface area contributed by atoms with E-state index in [0.29, 0.717) is 10.7 Å². The lowest BCUT2D eigenvalue weighted by Gasteiger charge is -2.29.